The summed E-state index contributed by atoms with van der Waals surface area (Å²) in [6.07, 6.45) is 0.0771. The van der Waals surface area contributed by atoms with E-state index in [4.69, 9.17) is 0 Å². The molecule has 1 aliphatic rings. The van der Waals surface area contributed by atoms with Gasteiger partial charge in [-0.25, -0.2) is 8.78 Å². The van der Waals surface area contributed by atoms with Crippen molar-refractivity contribution in [3.8, 4) is 0 Å². The average Bonchev–Trinajstić information content (AvgIpc) is 2.91. The van der Waals surface area contributed by atoms with E-state index < -0.39 is 35.7 Å². The molecule has 3 N–H and O–H groups in total. The summed E-state index contributed by atoms with van der Waals surface area (Å²) < 4.78 is 27.9. The Kier molecular flexibility index (Phi) is 11.2. The Labute approximate surface area is 234 Å². The van der Waals surface area contributed by atoms with E-state index in [2.05, 4.69) is 10.6 Å². The minimum absolute atomic E-state index is 0.127. The molecule has 40 heavy (non-hydrogen) atoms. The molecule has 0 aliphatic carbocycles. The Balaban J connectivity index is 1.92. The number of hydrogen-bond acceptors (Lipinski definition) is 5. The summed E-state index contributed by atoms with van der Waals surface area (Å²) in [7, 11) is 0. The molecule has 10 heteroatoms. The number of carbonyl (C=O) groups is 3. The number of amides is 3. The second kappa shape index (κ2) is 14.3. The van der Waals surface area contributed by atoms with Crippen molar-refractivity contribution in [1.29, 1.82) is 0 Å². The van der Waals surface area contributed by atoms with Crippen molar-refractivity contribution in [2.24, 2.45) is 0 Å². The predicted octanol–water partition coefficient (Wildman–Crippen LogP) is 3.06. The number of piperazine rings is 1. The highest BCUT2D eigenvalue weighted by Crippen LogP contribution is 2.18. The SMILES string of the molecule is CCCN(CCC)C(=O)c1cc(C)cc(C(=O)N[C@@H](Cc2cc(F)cc(F)c2)C(O)[C@@H]2NCCN(CC)C2=O)c1. The maximum Gasteiger partial charge on any atom is 0.253 e. The van der Waals surface area contributed by atoms with Crippen LogP contribution in [-0.2, 0) is 11.2 Å². The van der Waals surface area contributed by atoms with Gasteiger partial charge >= 0.3 is 0 Å². The number of carbonyl (C=O) groups excluding carboxylic acids is 3. The zero-order valence-electron chi connectivity index (χ0n) is 23.7. The van der Waals surface area contributed by atoms with Gasteiger partial charge in [-0.1, -0.05) is 13.8 Å². The molecule has 0 bridgehead atoms. The molecule has 8 nitrogen and oxygen atoms in total. The Hall–Kier alpha value is -3.37. The Morgan fingerprint density at radius 1 is 1.05 bits per heavy atom. The lowest BCUT2D eigenvalue weighted by Gasteiger charge is -2.37. The third kappa shape index (κ3) is 7.85. The van der Waals surface area contributed by atoms with Crippen LogP contribution in [0.15, 0.2) is 36.4 Å². The van der Waals surface area contributed by atoms with Gasteiger partial charge in [-0.05, 0) is 74.6 Å². The molecule has 3 rings (SSSR count). The number of halogens is 2. The lowest BCUT2D eigenvalue weighted by molar-refractivity contribution is -0.139. The molecule has 2 aromatic rings. The van der Waals surface area contributed by atoms with E-state index in [1.54, 1.807) is 28.9 Å². The Morgan fingerprint density at radius 3 is 2.27 bits per heavy atom. The fourth-order valence-electron chi connectivity index (χ4n) is 5.13. The molecule has 2 aromatic carbocycles. The van der Waals surface area contributed by atoms with Gasteiger partial charge < -0.3 is 25.5 Å². The van der Waals surface area contributed by atoms with Gasteiger partial charge in [0.05, 0.1) is 12.1 Å². The fourth-order valence-corrected chi connectivity index (χ4v) is 5.13. The average molecular weight is 559 g/mol. The van der Waals surface area contributed by atoms with Crippen LogP contribution >= 0.6 is 0 Å². The summed E-state index contributed by atoms with van der Waals surface area (Å²) in [5.74, 6) is -2.65. The van der Waals surface area contributed by atoms with Gasteiger partial charge in [0.15, 0.2) is 0 Å². The first-order valence-electron chi connectivity index (χ1n) is 13.9. The number of likely N-dealkylation sites (N-methyl/N-ethyl adjacent to an activating group) is 1. The van der Waals surface area contributed by atoms with Crippen LogP contribution in [0.1, 0.15) is 65.5 Å². The van der Waals surface area contributed by atoms with Gasteiger partial charge in [0.2, 0.25) is 5.91 Å². The standard InChI is InChI=1S/C30H40F2N4O4/c1-5-9-36(10-6-2)29(39)22-13-19(4)12-21(17-22)28(38)34-25(16-20-14-23(31)18-24(32)15-20)27(37)26-30(40)35(7-3)11-8-33-26/h12-15,17-18,25-27,33,37H,5-11,16H2,1-4H3,(H,34,38)/t25-,26-,27?/m0/s1. The number of nitrogens with one attached hydrogen (secondary N) is 2. The lowest BCUT2D eigenvalue weighted by Crippen LogP contribution is -2.64. The number of aliphatic hydroxyl groups is 1. The number of nitrogens with zero attached hydrogens (tertiary/aromatic N) is 2. The third-order valence-electron chi connectivity index (χ3n) is 7.01. The number of aliphatic hydroxyl groups excluding tert-OH is 1. The zero-order chi connectivity index (χ0) is 29.4. The van der Waals surface area contributed by atoms with E-state index in [-0.39, 0.29) is 29.4 Å². The van der Waals surface area contributed by atoms with Crippen LogP contribution in [0.4, 0.5) is 8.78 Å². The van der Waals surface area contributed by atoms with E-state index >= 15 is 0 Å². The summed E-state index contributed by atoms with van der Waals surface area (Å²) in [4.78, 5) is 43.1. The molecule has 1 aliphatic heterocycles. The van der Waals surface area contributed by atoms with Crippen molar-refractivity contribution in [1.82, 2.24) is 20.4 Å². The van der Waals surface area contributed by atoms with Gasteiger partial charge in [-0.2, -0.15) is 0 Å². The van der Waals surface area contributed by atoms with Crippen LogP contribution < -0.4 is 10.6 Å². The molecule has 1 saturated heterocycles. The number of benzene rings is 2. The Morgan fingerprint density at radius 2 is 1.68 bits per heavy atom. The first-order valence-corrected chi connectivity index (χ1v) is 13.9. The molecule has 0 spiro atoms. The van der Waals surface area contributed by atoms with Crippen LogP contribution in [0.25, 0.3) is 0 Å². The number of hydrogen-bond donors (Lipinski definition) is 3. The summed E-state index contributed by atoms with van der Waals surface area (Å²) >= 11 is 0. The second-order valence-corrected chi connectivity index (χ2v) is 10.3. The van der Waals surface area contributed by atoms with Crippen molar-refractivity contribution in [3.63, 3.8) is 0 Å². The first kappa shape index (κ1) is 31.2. The quantitative estimate of drug-likeness (QED) is 0.372. The molecule has 1 fully saturated rings. The summed E-state index contributed by atoms with van der Waals surface area (Å²) in [5, 5.41) is 17.1. The normalized spacial score (nSPS) is 16.9. The molecule has 3 atom stereocenters. The van der Waals surface area contributed by atoms with E-state index in [1.165, 1.54) is 6.07 Å². The van der Waals surface area contributed by atoms with Gasteiger partial charge in [0.1, 0.15) is 17.7 Å². The smallest absolute Gasteiger partial charge is 0.253 e. The highest BCUT2D eigenvalue weighted by atomic mass is 19.1. The second-order valence-electron chi connectivity index (χ2n) is 10.3. The van der Waals surface area contributed by atoms with Crippen LogP contribution in [0.3, 0.4) is 0 Å². The van der Waals surface area contributed by atoms with Crippen LogP contribution in [-0.4, -0.2) is 83.5 Å². The van der Waals surface area contributed by atoms with Crippen molar-refractivity contribution < 1.29 is 28.3 Å². The summed E-state index contributed by atoms with van der Waals surface area (Å²) in [6, 6.07) is 5.79. The molecule has 0 aromatic heterocycles. The van der Waals surface area contributed by atoms with Crippen LogP contribution in [0.2, 0.25) is 0 Å². The highest BCUT2D eigenvalue weighted by molar-refractivity contribution is 6.00. The molecule has 218 valence electrons. The molecular formula is C30H40F2N4O4. The maximum atomic E-state index is 14.0. The minimum Gasteiger partial charge on any atom is -0.389 e. The van der Waals surface area contributed by atoms with Crippen LogP contribution in [0.5, 0.6) is 0 Å². The van der Waals surface area contributed by atoms with Gasteiger partial charge in [-0.3, -0.25) is 14.4 Å². The maximum absolute atomic E-state index is 14.0. The lowest BCUT2D eigenvalue weighted by atomic mass is 9.93. The predicted molar refractivity (Wildman–Crippen MR) is 149 cm³/mol. The minimum atomic E-state index is -1.40. The van der Waals surface area contributed by atoms with E-state index in [9.17, 15) is 28.3 Å². The largest absolute Gasteiger partial charge is 0.389 e. The van der Waals surface area contributed by atoms with Gasteiger partial charge in [-0.15, -0.1) is 0 Å². The fraction of sp³-hybridized carbons (Fsp3) is 0.500. The topological polar surface area (TPSA) is 102 Å². The molecule has 0 saturated carbocycles. The monoisotopic (exact) mass is 558 g/mol. The molecule has 1 unspecified atom stereocenters. The third-order valence-corrected chi connectivity index (χ3v) is 7.01. The summed E-state index contributed by atoms with van der Waals surface area (Å²) in [6.45, 7) is 10.2. The summed E-state index contributed by atoms with van der Waals surface area (Å²) in [5.41, 5.74) is 1.50. The van der Waals surface area contributed by atoms with E-state index in [1.807, 2.05) is 20.8 Å². The molecule has 1 heterocycles. The number of rotatable bonds is 12. The molecular weight excluding hydrogens is 518 g/mol. The van der Waals surface area contributed by atoms with Crippen molar-refractivity contribution in [2.45, 2.75) is 65.1 Å². The molecule has 3 amide bonds. The van der Waals surface area contributed by atoms with Gasteiger partial charge in [0.25, 0.3) is 11.8 Å². The van der Waals surface area contributed by atoms with E-state index in [0.717, 1.165) is 31.0 Å². The highest BCUT2D eigenvalue weighted by Gasteiger charge is 2.38. The van der Waals surface area contributed by atoms with Gasteiger partial charge in [0, 0.05) is 49.9 Å². The van der Waals surface area contributed by atoms with Crippen molar-refractivity contribution in [3.05, 3.63) is 70.3 Å². The van der Waals surface area contributed by atoms with Crippen molar-refractivity contribution >= 4 is 17.7 Å². The van der Waals surface area contributed by atoms with E-state index in [0.29, 0.717) is 43.9 Å². The Bertz CT molecular complexity index is 1180. The van der Waals surface area contributed by atoms with Crippen LogP contribution in [0, 0.1) is 18.6 Å². The number of aryl methyl sites for hydroxylation is 1. The van der Waals surface area contributed by atoms with Crippen molar-refractivity contribution in [2.75, 3.05) is 32.7 Å². The first-order chi connectivity index (χ1) is 19.1. The molecule has 0 radical (unpaired) electrons. The zero-order valence-corrected chi connectivity index (χ0v) is 23.7.